The summed E-state index contributed by atoms with van der Waals surface area (Å²) < 4.78 is 5.52. The number of benzene rings is 1. The van der Waals surface area contributed by atoms with Gasteiger partial charge >= 0.3 is 0 Å². The minimum atomic E-state index is 0.0591. The molecular weight excluding hydrogens is 284 g/mol. The summed E-state index contributed by atoms with van der Waals surface area (Å²) in [5.74, 6) is 0.636. The lowest BCUT2D eigenvalue weighted by molar-refractivity contribution is 0.0468. The van der Waals surface area contributed by atoms with Crippen LogP contribution < -0.4 is 0 Å². The molecule has 0 heterocycles. The van der Waals surface area contributed by atoms with Gasteiger partial charge in [0.05, 0.1) is 11.8 Å². The highest BCUT2D eigenvalue weighted by Gasteiger charge is 2.45. The van der Waals surface area contributed by atoms with Gasteiger partial charge < -0.3 is 4.74 Å². The molecule has 3 rings (SSSR count). The number of hydrogen-bond donors (Lipinski definition) is 0. The van der Waals surface area contributed by atoms with Crippen molar-refractivity contribution in [3.8, 4) is 6.19 Å². The van der Waals surface area contributed by atoms with E-state index in [9.17, 15) is 5.26 Å². The first kappa shape index (κ1) is 16.2. The molecule has 2 aliphatic carbocycles. The van der Waals surface area contributed by atoms with Crippen LogP contribution in [-0.4, -0.2) is 18.9 Å². The standard InChI is InChI=1S/C20H26N2O/c1-14(2)10-15-4-5-16-12-20(8-6-17(23-3)7-9-20)19(22-13-21)18(16)11-15/h4-5,11,14,17H,6-10,12H2,1-3H3/b22-19+/t17-,20-. The van der Waals surface area contributed by atoms with Crippen LogP contribution in [0.25, 0.3) is 0 Å². The summed E-state index contributed by atoms with van der Waals surface area (Å²) in [5, 5.41) is 9.22. The SMILES string of the molecule is CO[C@H]1CC[C@]2(CC1)Cc1ccc(CC(C)C)cc1/C2=N\C#N. The summed E-state index contributed by atoms with van der Waals surface area (Å²) >= 11 is 0. The van der Waals surface area contributed by atoms with E-state index >= 15 is 0 Å². The fourth-order valence-corrected chi connectivity index (χ4v) is 4.35. The van der Waals surface area contributed by atoms with Crippen LogP contribution in [0.1, 0.15) is 56.2 Å². The van der Waals surface area contributed by atoms with E-state index in [1.807, 2.05) is 0 Å². The molecule has 3 nitrogen and oxygen atoms in total. The van der Waals surface area contributed by atoms with Crippen LogP contribution in [0.15, 0.2) is 23.2 Å². The third kappa shape index (κ3) is 3.05. The lowest BCUT2D eigenvalue weighted by Gasteiger charge is -2.36. The molecule has 0 amide bonds. The molecule has 0 aromatic heterocycles. The molecule has 1 fully saturated rings. The van der Waals surface area contributed by atoms with Gasteiger partial charge in [-0.3, -0.25) is 0 Å². The van der Waals surface area contributed by atoms with Gasteiger partial charge in [0.2, 0.25) is 6.19 Å². The van der Waals surface area contributed by atoms with Gasteiger partial charge in [-0.05, 0) is 61.6 Å². The van der Waals surface area contributed by atoms with Crippen molar-refractivity contribution < 1.29 is 4.74 Å². The van der Waals surface area contributed by atoms with Crippen molar-refractivity contribution in [3.63, 3.8) is 0 Å². The largest absolute Gasteiger partial charge is 0.381 e. The molecule has 1 aromatic carbocycles. The van der Waals surface area contributed by atoms with E-state index in [2.05, 4.69) is 43.2 Å². The van der Waals surface area contributed by atoms with Gasteiger partial charge in [0.25, 0.3) is 0 Å². The van der Waals surface area contributed by atoms with Crippen LogP contribution in [0.2, 0.25) is 0 Å². The summed E-state index contributed by atoms with van der Waals surface area (Å²) in [6.07, 6.45) is 8.80. The van der Waals surface area contributed by atoms with Gasteiger partial charge in [0.1, 0.15) is 0 Å². The molecule has 122 valence electrons. The lowest BCUT2D eigenvalue weighted by atomic mass is 9.70. The molecule has 1 spiro atoms. The predicted octanol–water partition coefficient (Wildman–Crippen LogP) is 4.29. The number of methoxy groups -OCH3 is 1. The lowest BCUT2D eigenvalue weighted by Crippen LogP contribution is -2.35. The fraction of sp³-hybridized carbons (Fsp3) is 0.600. The number of fused-ring (bicyclic) bond motifs is 1. The van der Waals surface area contributed by atoms with Gasteiger partial charge in [-0.1, -0.05) is 26.0 Å². The summed E-state index contributed by atoms with van der Waals surface area (Å²) in [6, 6.07) is 6.79. The Balaban J connectivity index is 1.94. The average molecular weight is 310 g/mol. The summed E-state index contributed by atoms with van der Waals surface area (Å²) in [6.45, 7) is 4.48. The Morgan fingerprint density at radius 1 is 1.35 bits per heavy atom. The number of nitrogens with zero attached hydrogens (tertiary/aromatic N) is 2. The van der Waals surface area contributed by atoms with E-state index in [4.69, 9.17) is 4.74 Å². The zero-order chi connectivity index (χ0) is 16.4. The predicted molar refractivity (Wildman–Crippen MR) is 92.5 cm³/mol. The fourth-order valence-electron chi connectivity index (χ4n) is 4.35. The van der Waals surface area contributed by atoms with E-state index in [-0.39, 0.29) is 5.41 Å². The van der Waals surface area contributed by atoms with Crippen molar-refractivity contribution in [1.82, 2.24) is 0 Å². The molecule has 1 saturated carbocycles. The van der Waals surface area contributed by atoms with Crippen LogP contribution in [0.5, 0.6) is 0 Å². The maximum absolute atomic E-state index is 9.22. The second kappa shape index (κ2) is 6.45. The average Bonchev–Trinajstić information content (AvgIpc) is 2.82. The Bertz CT molecular complexity index is 646. The van der Waals surface area contributed by atoms with Gasteiger partial charge in [0.15, 0.2) is 0 Å². The minimum absolute atomic E-state index is 0.0591. The molecule has 0 radical (unpaired) electrons. The number of aliphatic imine (C=N–C) groups is 1. The summed E-state index contributed by atoms with van der Waals surface area (Å²) in [7, 11) is 1.80. The van der Waals surface area contributed by atoms with Gasteiger partial charge in [-0.15, -0.1) is 0 Å². The Kier molecular flexibility index (Phi) is 4.55. The maximum Gasteiger partial charge on any atom is 0.205 e. The normalized spacial score (nSPS) is 28.3. The van der Waals surface area contributed by atoms with E-state index in [1.165, 1.54) is 16.7 Å². The van der Waals surface area contributed by atoms with Crippen molar-refractivity contribution in [2.24, 2.45) is 16.3 Å². The van der Waals surface area contributed by atoms with Crippen molar-refractivity contribution in [1.29, 1.82) is 5.26 Å². The third-order valence-electron chi connectivity index (χ3n) is 5.49. The summed E-state index contributed by atoms with van der Waals surface area (Å²) in [5.41, 5.74) is 5.04. The quantitative estimate of drug-likeness (QED) is 0.782. The zero-order valence-electron chi connectivity index (χ0n) is 14.4. The second-order valence-corrected chi connectivity index (χ2v) is 7.54. The minimum Gasteiger partial charge on any atom is -0.381 e. The number of rotatable bonds is 3. The van der Waals surface area contributed by atoms with Crippen LogP contribution in [-0.2, 0) is 17.6 Å². The molecular formula is C20H26N2O. The molecule has 0 atom stereocenters. The van der Waals surface area contributed by atoms with Gasteiger partial charge in [-0.25, -0.2) is 0 Å². The van der Waals surface area contributed by atoms with Crippen molar-refractivity contribution in [3.05, 3.63) is 34.9 Å². The Morgan fingerprint density at radius 3 is 2.70 bits per heavy atom. The molecule has 0 unspecified atom stereocenters. The van der Waals surface area contributed by atoms with Crippen LogP contribution in [0, 0.1) is 22.8 Å². The van der Waals surface area contributed by atoms with Crippen molar-refractivity contribution >= 4 is 5.71 Å². The van der Waals surface area contributed by atoms with Gasteiger partial charge in [-0.2, -0.15) is 10.3 Å². The van der Waals surface area contributed by atoms with Crippen LogP contribution >= 0.6 is 0 Å². The van der Waals surface area contributed by atoms with Gasteiger partial charge in [0, 0.05) is 18.1 Å². The Hall–Kier alpha value is -1.66. The molecule has 23 heavy (non-hydrogen) atoms. The highest BCUT2D eigenvalue weighted by atomic mass is 16.5. The first-order chi connectivity index (χ1) is 11.1. The third-order valence-corrected chi connectivity index (χ3v) is 5.49. The number of ether oxygens (including phenoxy) is 1. The Labute approximate surface area is 139 Å². The second-order valence-electron chi connectivity index (χ2n) is 7.54. The first-order valence-electron chi connectivity index (χ1n) is 8.70. The van der Waals surface area contributed by atoms with E-state index in [0.717, 1.165) is 44.2 Å². The molecule has 1 aromatic rings. The van der Waals surface area contributed by atoms with E-state index in [1.54, 1.807) is 7.11 Å². The highest BCUT2D eigenvalue weighted by molar-refractivity contribution is 6.09. The molecule has 0 saturated heterocycles. The maximum atomic E-state index is 9.22. The number of hydrogen-bond acceptors (Lipinski definition) is 3. The highest BCUT2D eigenvalue weighted by Crippen LogP contribution is 2.48. The smallest absolute Gasteiger partial charge is 0.205 e. The number of nitriles is 1. The zero-order valence-corrected chi connectivity index (χ0v) is 14.4. The van der Waals surface area contributed by atoms with Crippen LogP contribution in [0.4, 0.5) is 0 Å². The van der Waals surface area contributed by atoms with Crippen molar-refractivity contribution in [2.45, 2.75) is 58.5 Å². The van der Waals surface area contributed by atoms with Crippen LogP contribution in [0.3, 0.4) is 0 Å². The van der Waals surface area contributed by atoms with Crippen molar-refractivity contribution in [2.75, 3.05) is 7.11 Å². The summed E-state index contributed by atoms with van der Waals surface area (Å²) in [4.78, 5) is 4.29. The molecule has 3 heteroatoms. The first-order valence-corrected chi connectivity index (χ1v) is 8.70. The Morgan fingerprint density at radius 2 is 2.09 bits per heavy atom. The molecule has 0 aliphatic heterocycles. The molecule has 0 N–H and O–H groups in total. The molecule has 2 aliphatic rings. The van der Waals surface area contributed by atoms with E-state index < -0.39 is 0 Å². The monoisotopic (exact) mass is 310 g/mol. The molecule has 0 bridgehead atoms. The topological polar surface area (TPSA) is 45.4 Å². The van der Waals surface area contributed by atoms with E-state index in [0.29, 0.717) is 12.0 Å².